The molecular weight excluding hydrogens is 1400 g/mol. The van der Waals surface area contributed by atoms with Crippen molar-refractivity contribution in [1.82, 2.24) is 60.5 Å². The zero-order chi connectivity index (χ0) is 75.2. The van der Waals surface area contributed by atoms with E-state index in [1.807, 2.05) is 59.7 Å². The summed E-state index contributed by atoms with van der Waals surface area (Å²) in [5.41, 5.74) is 0.151. The van der Waals surface area contributed by atoms with Crippen molar-refractivity contribution in [2.75, 3.05) is 89.2 Å². The Morgan fingerprint density at radius 3 is 1.77 bits per heavy atom. The number of nitrogens with zero attached hydrogens (tertiary/aromatic N) is 8. The number of piperidine rings is 1. The third-order valence-corrected chi connectivity index (χ3v) is 20.2. The number of nitrogens with one attached hydrogen (secondary N) is 4. The maximum absolute atomic E-state index is 15.7. The topological polar surface area (TPSA) is 288 Å². The second-order valence-corrected chi connectivity index (χ2v) is 29.7. The van der Waals surface area contributed by atoms with Crippen LogP contribution in [-0.2, 0) is 76.8 Å². The third-order valence-electron chi connectivity index (χ3n) is 19.5. The summed E-state index contributed by atoms with van der Waals surface area (Å²) in [6, 6.07) is 14.1. The van der Waals surface area contributed by atoms with E-state index in [0.29, 0.717) is 67.6 Å². The van der Waals surface area contributed by atoms with Crippen LogP contribution in [0.2, 0.25) is 0 Å². The Morgan fingerprint density at radius 2 is 1.18 bits per heavy atom. The van der Waals surface area contributed by atoms with E-state index in [1.54, 1.807) is 79.4 Å². The number of benzene rings is 3. The molecule has 4 N–H and O–H groups in total. The van der Waals surface area contributed by atoms with Gasteiger partial charge >= 0.3 is 0 Å². The first-order chi connectivity index (χ1) is 47.6. The normalized spacial score (nSPS) is 24.0. The van der Waals surface area contributed by atoms with Crippen molar-refractivity contribution in [2.45, 2.75) is 187 Å². The zero-order valence-corrected chi connectivity index (χ0v) is 64.4. The molecule has 0 aromatic heterocycles. The maximum Gasteiger partial charge on any atom is 0.246 e. The van der Waals surface area contributed by atoms with E-state index in [-0.39, 0.29) is 50.4 Å². The summed E-state index contributed by atoms with van der Waals surface area (Å²) in [4.78, 5) is 189. The van der Waals surface area contributed by atoms with Gasteiger partial charge in [0.15, 0.2) is 0 Å². The SMILES string of the molecule is CCCC[C@@H]1NC(=O)[C@H](Cc2cccc(I)c2)NC(=O)CN(C)C(=O)[C@H](Cc2ccc(OC)cc2)N(C)C(=O)CN(C)C(=O)CN(C)C(=O)[C@H]([C@@H](C)CC)NC(=O)[C@H](CC(C)C)N(C)C(=O)CC(C(=O)N2CCCCC2)N(C)C(=O)[C@H](CC(C)C)NC(=O)[C@](C)(Cc2ccccc2)N(C)C1=O. The minimum absolute atomic E-state index is 0.0467. The summed E-state index contributed by atoms with van der Waals surface area (Å²) in [7, 11) is 11.4. The van der Waals surface area contributed by atoms with E-state index < -0.39 is 151 Å². The number of hydrogen-bond acceptors (Lipinski definition) is 13. The number of ether oxygens (including phenoxy) is 1. The van der Waals surface area contributed by atoms with Crippen LogP contribution in [-0.4, -0.2) is 247 Å². The van der Waals surface area contributed by atoms with E-state index in [9.17, 15) is 28.8 Å². The fourth-order valence-electron chi connectivity index (χ4n) is 12.7. The van der Waals surface area contributed by atoms with Crippen molar-refractivity contribution in [3.63, 3.8) is 0 Å². The highest BCUT2D eigenvalue weighted by Gasteiger charge is 2.46. The molecule has 25 nitrogen and oxygen atoms in total. The average molecular weight is 1520 g/mol. The number of rotatable bonds is 17. The van der Waals surface area contributed by atoms with Gasteiger partial charge in [-0.3, -0.25) is 57.5 Å². The fraction of sp³-hybridized carbons (Fsp3) is 0.600. The molecule has 3 aromatic carbocycles. The van der Waals surface area contributed by atoms with Crippen LogP contribution >= 0.6 is 22.6 Å². The lowest BCUT2D eigenvalue weighted by Gasteiger charge is -2.41. The lowest BCUT2D eigenvalue weighted by atomic mass is 9.88. The van der Waals surface area contributed by atoms with Crippen LogP contribution in [0.25, 0.3) is 0 Å². The highest BCUT2D eigenvalue weighted by atomic mass is 127. The van der Waals surface area contributed by atoms with Gasteiger partial charge in [-0.1, -0.05) is 122 Å². The molecule has 556 valence electrons. The first-order valence-electron chi connectivity index (χ1n) is 35.4. The molecule has 2 saturated heterocycles. The summed E-state index contributed by atoms with van der Waals surface area (Å²) < 4.78 is 6.22. The molecule has 0 radical (unpaired) electrons. The van der Waals surface area contributed by atoms with Crippen molar-refractivity contribution in [1.29, 1.82) is 0 Å². The predicted octanol–water partition coefficient (Wildman–Crippen LogP) is 5.08. The van der Waals surface area contributed by atoms with E-state index in [1.165, 1.54) is 76.0 Å². The minimum Gasteiger partial charge on any atom is -0.497 e. The van der Waals surface area contributed by atoms with Crippen LogP contribution in [0.15, 0.2) is 78.9 Å². The van der Waals surface area contributed by atoms with Gasteiger partial charge in [-0.2, -0.15) is 0 Å². The lowest BCUT2D eigenvalue weighted by Crippen LogP contribution is -2.65. The van der Waals surface area contributed by atoms with E-state index in [0.717, 1.165) is 24.7 Å². The summed E-state index contributed by atoms with van der Waals surface area (Å²) >= 11 is 2.14. The van der Waals surface area contributed by atoms with Crippen LogP contribution in [0.5, 0.6) is 5.75 Å². The number of hydrogen-bond donors (Lipinski definition) is 4. The fourth-order valence-corrected chi connectivity index (χ4v) is 13.3. The number of methoxy groups -OCH3 is 1. The largest absolute Gasteiger partial charge is 0.497 e. The number of amides is 12. The number of halogens is 1. The number of unbranched alkanes of at least 4 members (excludes halogenated alkanes) is 1. The standard InChI is InChI=1S/C75H111IN12O13/c1-17-19-31-56-70(96)87(15)75(8,44-52-27-22-20-23-28-52)74(100)79-58(38-48(3)4)69(95)86(14)61(72(98)88-36-24-21-25-37-88)43-63(90)84(12)59(39-49(5)6)68(94)80-66(50(7)18-2)73(99)83(11)46-64(91)81(9)47-65(92)85(13)60(42-51-32-34-55(101-16)35-33-51)71(97)82(10)45-62(89)77-57(67(93)78-56)41-53-29-26-30-54(76)40-53/h20,22-23,26-30,32-35,40,48-50,56-61,66H,17-19,21,24-25,31,36-39,41-47H2,1-16H3,(H,77,89)(H,78,93)(H,79,100)(H,80,94)/t50-,56-,57-,58-,59-,60-,61?,66-,75-/m0/s1. The Morgan fingerprint density at radius 1 is 0.574 bits per heavy atom. The summed E-state index contributed by atoms with van der Waals surface area (Å²) in [5, 5.41) is 11.7. The number of carbonyl (C=O) groups is 12. The molecule has 101 heavy (non-hydrogen) atoms. The van der Waals surface area contributed by atoms with Crippen molar-refractivity contribution < 1.29 is 62.3 Å². The third kappa shape index (κ3) is 23.7. The van der Waals surface area contributed by atoms with Gasteiger partial charge in [-0.05, 0) is 127 Å². The predicted molar refractivity (Wildman–Crippen MR) is 394 cm³/mol. The highest BCUT2D eigenvalue weighted by Crippen LogP contribution is 2.27. The zero-order valence-electron chi connectivity index (χ0n) is 62.3. The lowest BCUT2D eigenvalue weighted by molar-refractivity contribution is -0.152. The molecule has 2 aliphatic rings. The second-order valence-electron chi connectivity index (χ2n) is 28.4. The molecular formula is C75H111IN12O13. The number of likely N-dealkylation sites (tertiary alicyclic amines) is 1. The molecule has 0 saturated carbocycles. The Balaban J connectivity index is 1.68. The van der Waals surface area contributed by atoms with Crippen LogP contribution in [0, 0.1) is 21.3 Å². The summed E-state index contributed by atoms with van der Waals surface area (Å²) in [6.45, 7) is 13.6. The quantitative estimate of drug-likeness (QED) is 0.128. The Bertz CT molecular complexity index is 3350. The van der Waals surface area contributed by atoms with E-state index in [2.05, 4.69) is 43.9 Å². The molecule has 1 unspecified atom stereocenters. The van der Waals surface area contributed by atoms with Crippen LogP contribution in [0.1, 0.15) is 136 Å². The van der Waals surface area contributed by atoms with Gasteiger partial charge in [0.1, 0.15) is 53.6 Å². The second kappa shape index (κ2) is 39.3. The maximum atomic E-state index is 15.7. The van der Waals surface area contributed by atoms with Crippen LogP contribution in [0.4, 0.5) is 0 Å². The van der Waals surface area contributed by atoms with Gasteiger partial charge in [0.2, 0.25) is 70.9 Å². The first kappa shape index (κ1) is 83.5. The van der Waals surface area contributed by atoms with Crippen molar-refractivity contribution >= 4 is 93.5 Å². The molecule has 26 heteroatoms. The van der Waals surface area contributed by atoms with Gasteiger partial charge in [0.05, 0.1) is 33.2 Å². The number of likely N-dealkylation sites (N-methyl/N-ethyl adjacent to an activating group) is 7. The molecule has 0 spiro atoms. The molecule has 2 heterocycles. The Hall–Kier alpha value is -8.17. The van der Waals surface area contributed by atoms with Gasteiger partial charge in [0, 0.05) is 85.3 Å². The minimum atomic E-state index is -1.79. The summed E-state index contributed by atoms with van der Waals surface area (Å²) in [6.07, 6.45) is 3.26. The monoisotopic (exact) mass is 1510 g/mol. The molecule has 3 aromatic rings. The Kier molecular flexibility index (Phi) is 32.5. The number of carbonyl (C=O) groups excluding carboxylic acids is 12. The molecule has 5 rings (SSSR count). The van der Waals surface area contributed by atoms with Gasteiger partial charge in [-0.25, -0.2) is 0 Å². The molecule has 2 aliphatic heterocycles. The van der Waals surface area contributed by atoms with E-state index in [4.69, 9.17) is 4.74 Å². The molecule has 0 aliphatic carbocycles. The summed E-state index contributed by atoms with van der Waals surface area (Å²) in [5.74, 6) is -8.39. The van der Waals surface area contributed by atoms with Gasteiger partial charge in [-0.15, -0.1) is 0 Å². The first-order valence-corrected chi connectivity index (χ1v) is 36.4. The molecule has 12 amide bonds. The smallest absolute Gasteiger partial charge is 0.246 e. The Labute approximate surface area is 611 Å². The van der Waals surface area contributed by atoms with Crippen molar-refractivity contribution in [2.24, 2.45) is 17.8 Å². The van der Waals surface area contributed by atoms with E-state index >= 15 is 28.8 Å². The average Bonchev–Trinajstić information content (AvgIpc) is 0.791. The molecule has 9 atom stereocenters. The molecule has 2 fully saturated rings. The van der Waals surface area contributed by atoms with Crippen molar-refractivity contribution in [3.8, 4) is 5.75 Å². The van der Waals surface area contributed by atoms with Crippen LogP contribution < -0.4 is 26.0 Å². The van der Waals surface area contributed by atoms with Crippen LogP contribution in [0.3, 0.4) is 0 Å². The highest BCUT2D eigenvalue weighted by molar-refractivity contribution is 14.1. The van der Waals surface area contributed by atoms with Crippen molar-refractivity contribution in [3.05, 3.63) is 99.1 Å². The van der Waals surface area contributed by atoms with Gasteiger partial charge in [0.25, 0.3) is 0 Å². The molecule has 0 bridgehead atoms. The van der Waals surface area contributed by atoms with Gasteiger partial charge < -0.3 is 65.2 Å².